The van der Waals surface area contributed by atoms with Crippen LogP contribution in [0.1, 0.15) is 45.9 Å². The number of rotatable bonds is 7. The smallest absolute Gasteiger partial charge is 0.261 e. The Morgan fingerprint density at radius 3 is 2.55 bits per heavy atom. The second-order valence-electron chi connectivity index (χ2n) is 9.47. The Hall–Kier alpha value is -3.32. The quantitative estimate of drug-likeness (QED) is 0.358. The Balaban J connectivity index is 1.52. The fraction of sp³-hybridized carbons (Fsp3) is 0.308. The molecule has 4 aromatic rings. The van der Waals surface area contributed by atoms with Crippen LogP contribution in [-0.2, 0) is 16.8 Å². The SMILES string of the molecule is CC(C)(Oc1ccccc1COc1ccc2oc(-c3nc(C(C)(C)C)cs3)cc2c1)C(N)=O. The fourth-order valence-electron chi connectivity index (χ4n) is 3.16. The third-order valence-electron chi connectivity index (χ3n) is 5.30. The molecule has 7 heteroatoms. The lowest BCUT2D eigenvalue weighted by atomic mass is 9.93. The van der Waals surface area contributed by atoms with Crippen molar-refractivity contribution in [3.8, 4) is 22.3 Å². The van der Waals surface area contributed by atoms with Gasteiger partial charge in [-0.2, -0.15) is 0 Å². The predicted molar refractivity (Wildman–Crippen MR) is 131 cm³/mol. The van der Waals surface area contributed by atoms with Gasteiger partial charge in [-0.1, -0.05) is 39.0 Å². The number of furan rings is 1. The number of aromatic nitrogens is 1. The van der Waals surface area contributed by atoms with Crippen LogP contribution in [0.3, 0.4) is 0 Å². The molecule has 172 valence electrons. The monoisotopic (exact) mass is 464 g/mol. The first-order valence-electron chi connectivity index (χ1n) is 10.7. The molecule has 2 heterocycles. The fourth-order valence-corrected chi connectivity index (χ4v) is 4.15. The van der Waals surface area contributed by atoms with Crippen LogP contribution in [0.15, 0.2) is 58.3 Å². The normalized spacial score (nSPS) is 12.2. The molecule has 0 bridgehead atoms. The molecule has 6 nitrogen and oxygen atoms in total. The molecule has 33 heavy (non-hydrogen) atoms. The molecule has 4 rings (SSSR count). The zero-order chi connectivity index (χ0) is 23.8. The number of fused-ring (bicyclic) bond motifs is 1. The number of carbonyl (C=O) groups is 1. The standard InChI is InChI=1S/C26H28N2O4S/c1-25(2,3)22-15-33-23(28-22)21-13-17-12-18(10-11-19(17)31-21)30-14-16-8-6-7-9-20(16)32-26(4,5)24(27)29/h6-13,15H,14H2,1-5H3,(H2,27,29). The number of benzene rings is 2. The number of para-hydroxylation sites is 1. The summed E-state index contributed by atoms with van der Waals surface area (Å²) in [4.78, 5) is 16.4. The highest BCUT2D eigenvalue weighted by Crippen LogP contribution is 2.34. The highest BCUT2D eigenvalue weighted by molar-refractivity contribution is 7.13. The van der Waals surface area contributed by atoms with E-state index in [2.05, 4.69) is 26.2 Å². The van der Waals surface area contributed by atoms with Gasteiger partial charge in [0.25, 0.3) is 5.91 Å². The topological polar surface area (TPSA) is 87.6 Å². The first-order valence-corrected chi connectivity index (χ1v) is 11.6. The molecule has 0 aliphatic heterocycles. The van der Waals surface area contributed by atoms with E-state index in [0.717, 1.165) is 33.0 Å². The third-order valence-corrected chi connectivity index (χ3v) is 6.15. The molecular formula is C26H28N2O4S. The van der Waals surface area contributed by atoms with Crippen molar-refractivity contribution >= 4 is 28.2 Å². The van der Waals surface area contributed by atoms with Gasteiger partial charge in [-0.15, -0.1) is 11.3 Å². The van der Waals surface area contributed by atoms with E-state index in [0.29, 0.717) is 11.5 Å². The third kappa shape index (κ3) is 5.03. The van der Waals surface area contributed by atoms with Gasteiger partial charge < -0.3 is 19.6 Å². The Morgan fingerprint density at radius 2 is 1.85 bits per heavy atom. The molecule has 0 fully saturated rings. The molecule has 0 radical (unpaired) electrons. The Kier molecular flexibility index (Phi) is 5.93. The Bertz CT molecular complexity index is 1300. The molecule has 0 spiro atoms. The van der Waals surface area contributed by atoms with Crippen molar-refractivity contribution in [1.29, 1.82) is 0 Å². The maximum atomic E-state index is 11.6. The van der Waals surface area contributed by atoms with E-state index in [9.17, 15) is 4.79 Å². The van der Waals surface area contributed by atoms with E-state index in [1.165, 1.54) is 0 Å². The van der Waals surface area contributed by atoms with E-state index >= 15 is 0 Å². The summed E-state index contributed by atoms with van der Waals surface area (Å²) in [6, 6.07) is 15.1. The summed E-state index contributed by atoms with van der Waals surface area (Å²) in [6.45, 7) is 10.0. The van der Waals surface area contributed by atoms with Crippen LogP contribution in [0.25, 0.3) is 21.7 Å². The molecule has 0 atom stereocenters. The predicted octanol–water partition coefficient (Wildman–Crippen LogP) is 6.08. The number of nitrogens with two attached hydrogens (primary N) is 1. The molecule has 2 aromatic carbocycles. The molecule has 0 aliphatic rings. The number of hydrogen-bond acceptors (Lipinski definition) is 6. The number of ether oxygens (including phenoxy) is 2. The minimum absolute atomic E-state index is 0.00552. The van der Waals surface area contributed by atoms with Gasteiger partial charge in [-0.25, -0.2) is 4.98 Å². The van der Waals surface area contributed by atoms with E-state index < -0.39 is 11.5 Å². The van der Waals surface area contributed by atoms with Gasteiger partial charge in [0.2, 0.25) is 0 Å². The summed E-state index contributed by atoms with van der Waals surface area (Å²) in [7, 11) is 0. The Morgan fingerprint density at radius 1 is 1.09 bits per heavy atom. The van der Waals surface area contributed by atoms with E-state index in [-0.39, 0.29) is 12.0 Å². The second kappa shape index (κ2) is 8.56. The van der Waals surface area contributed by atoms with Crippen LogP contribution in [0.2, 0.25) is 0 Å². The summed E-state index contributed by atoms with van der Waals surface area (Å²) in [5, 5.41) is 3.88. The van der Waals surface area contributed by atoms with Crippen molar-refractivity contribution in [3.05, 3.63) is 65.2 Å². The van der Waals surface area contributed by atoms with Crippen LogP contribution in [0.4, 0.5) is 0 Å². The molecule has 2 aromatic heterocycles. The van der Waals surface area contributed by atoms with E-state index in [1.807, 2.05) is 42.5 Å². The lowest BCUT2D eigenvalue weighted by molar-refractivity contribution is -0.130. The van der Waals surface area contributed by atoms with Crippen LogP contribution in [-0.4, -0.2) is 16.5 Å². The Labute approximate surface area is 197 Å². The molecule has 0 saturated carbocycles. The lowest BCUT2D eigenvalue weighted by Gasteiger charge is -2.24. The van der Waals surface area contributed by atoms with Gasteiger partial charge in [0, 0.05) is 21.7 Å². The molecule has 1 amide bonds. The number of hydrogen-bond donors (Lipinski definition) is 1. The van der Waals surface area contributed by atoms with Gasteiger partial charge in [-0.3, -0.25) is 4.79 Å². The van der Waals surface area contributed by atoms with Gasteiger partial charge in [0.15, 0.2) is 16.4 Å². The number of thiazole rings is 1. The average Bonchev–Trinajstić information content (AvgIpc) is 3.39. The van der Waals surface area contributed by atoms with E-state index in [1.54, 1.807) is 31.3 Å². The number of amides is 1. The van der Waals surface area contributed by atoms with Crippen LogP contribution < -0.4 is 15.2 Å². The number of primary amides is 1. The first-order chi connectivity index (χ1) is 15.5. The maximum Gasteiger partial charge on any atom is 0.261 e. The van der Waals surface area contributed by atoms with Crippen molar-refractivity contribution in [1.82, 2.24) is 4.98 Å². The summed E-state index contributed by atoms with van der Waals surface area (Å²) in [6.07, 6.45) is 0. The zero-order valence-electron chi connectivity index (χ0n) is 19.5. The maximum absolute atomic E-state index is 11.6. The van der Waals surface area contributed by atoms with Gasteiger partial charge >= 0.3 is 0 Å². The van der Waals surface area contributed by atoms with Crippen molar-refractivity contribution in [2.75, 3.05) is 0 Å². The molecule has 2 N–H and O–H groups in total. The molecule has 0 saturated heterocycles. The summed E-state index contributed by atoms with van der Waals surface area (Å²) >= 11 is 1.58. The minimum Gasteiger partial charge on any atom is -0.489 e. The van der Waals surface area contributed by atoms with Crippen molar-refractivity contribution < 1.29 is 18.7 Å². The minimum atomic E-state index is -1.12. The summed E-state index contributed by atoms with van der Waals surface area (Å²) in [5.74, 6) is 1.48. The lowest BCUT2D eigenvalue weighted by Crippen LogP contribution is -2.43. The largest absolute Gasteiger partial charge is 0.489 e. The second-order valence-corrected chi connectivity index (χ2v) is 10.3. The van der Waals surface area contributed by atoms with Gasteiger partial charge in [-0.05, 0) is 44.2 Å². The molecular weight excluding hydrogens is 436 g/mol. The van der Waals surface area contributed by atoms with Gasteiger partial charge in [0.1, 0.15) is 23.7 Å². The average molecular weight is 465 g/mol. The summed E-state index contributed by atoms with van der Waals surface area (Å²) in [5.41, 5.74) is 6.96. The molecule has 0 aliphatic carbocycles. The number of carbonyl (C=O) groups excluding carboxylic acids is 1. The number of nitrogens with zero attached hydrogens (tertiary/aromatic N) is 1. The van der Waals surface area contributed by atoms with Crippen LogP contribution >= 0.6 is 11.3 Å². The van der Waals surface area contributed by atoms with Crippen molar-refractivity contribution in [3.63, 3.8) is 0 Å². The van der Waals surface area contributed by atoms with Crippen molar-refractivity contribution in [2.45, 2.75) is 52.2 Å². The van der Waals surface area contributed by atoms with Crippen LogP contribution in [0, 0.1) is 0 Å². The van der Waals surface area contributed by atoms with Crippen molar-refractivity contribution in [2.24, 2.45) is 5.73 Å². The van der Waals surface area contributed by atoms with Crippen LogP contribution in [0.5, 0.6) is 11.5 Å². The van der Waals surface area contributed by atoms with E-state index in [4.69, 9.17) is 24.6 Å². The highest BCUT2D eigenvalue weighted by atomic mass is 32.1. The van der Waals surface area contributed by atoms with Gasteiger partial charge in [0.05, 0.1) is 5.69 Å². The summed E-state index contributed by atoms with van der Waals surface area (Å²) < 4.78 is 17.9. The zero-order valence-corrected chi connectivity index (χ0v) is 20.3. The first kappa shape index (κ1) is 22.9. The molecule has 0 unspecified atom stereocenters. The highest BCUT2D eigenvalue weighted by Gasteiger charge is 2.28.